The summed E-state index contributed by atoms with van der Waals surface area (Å²) in [4.78, 5) is 19.9. The van der Waals surface area contributed by atoms with E-state index in [1.165, 1.54) is 0 Å². The summed E-state index contributed by atoms with van der Waals surface area (Å²) in [6.07, 6.45) is 3.15. The fraction of sp³-hybridized carbons (Fsp3) is 0.571. The highest BCUT2D eigenvalue weighted by atomic mass is 35.5. The van der Waals surface area contributed by atoms with Gasteiger partial charge < -0.3 is 14.5 Å². The molecule has 2 heterocycles. The van der Waals surface area contributed by atoms with Crippen LogP contribution in [0, 0.1) is 0 Å². The first-order valence-electron chi connectivity index (χ1n) is 6.68. The van der Waals surface area contributed by atoms with Gasteiger partial charge in [-0.2, -0.15) is 0 Å². The Hall–Kier alpha value is -1.49. The van der Waals surface area contributed by atoms with Gasteiger partial charge in [0.05, 0.1) is 16.9 Å². The van der Waals surface area contributed by atoms with Gasteiger partial charge in [0, 0.05) is 32.4 Å². The SMILES string of the molecule is CC(C)(C)OC(=O)N1CCN(c2cncc(Cl)c2)CC1. The number of hydrogen-bond donors (Lipinski definition) is 0. The minimum atomic E-state index is -0.453. The van der Waals surface area contributed by atoms with Crippen molar-refractivity contribution in [2.24, 2.45) is 0 Å². The Morgan fingerprint density at radius 1 is 1.25 bits per heavy atom. The summed E-state index contributed by atoms with van der Waals surface area (Å²) in [6.45, 7) is 8.40. The maximum absolute atomic E-state index is 12.0. The van der Waals surface area contributed by atoms with Crippen LogP contribution in [0.25, 0.3) is 0 Å². The standard InChI is InChI=1S/C14H20ClN3O2/c1-14(2,3)20-13(19)18-6-4-17(5-7-18)12-8-11(15)9-16-10-12/h8-10H,4-7H2,1-3H3. The molecule has 1 fully saturated rings. The number of anilines is 1. The number of ether oxygens (including phenoxy) is 1. The topological polar surface area (TPSA) is 45.7 Å². The van der Waals surface area contributed by atoms with Gasteiger partial charge in [0.25, 0.3) is 0 Å². The molecule has 1 aromatic rings. The van der Waals surface area contributed by atoms with Gasteiger partial charge in [-0.25, -0.2) is 4.79 Å². The molecule has 0 spiro atoms. The van der Waals surface area contributed by atoms with Gasteiger partial charge in [0.2, 0.25) is 0 Å². The van der Waals surface area contributed by atoms with Crippen LogP contribution < -0.4 is 4.90 Å². The highest BCUT2D eigenvalue weighted by Crippen LogP contribution is 2.20. The molecule has 1 saturated heterocycles. The number of amides is 1. The maximum atomic E-state index is 12.0. The average Bonchev–Trinajstić information content (AvgIpc) is 2.37. The number of hydrogen-bond acceptors (Lipinski definition) is 4. The van der Waals surface area contributed by atoms with Crippen LogP contribution in [0.5, 0.6) is 0 Å². The van der Waals surface area contributed by atoms with Crippen LogP contribution in [-0.4, -0.2) is 47.8 Å². The molecule has 1 aliphatic heterocycles. The Labute approximate surface area is 124 Å². The largest absolute Gasteiger partial charge is 0.444 e. The zero-order valence-corrected chi connectivity index (χ0v) is 12.9. The number of rotatable bonds is 1. The Bertz CT molecular complexity index is 480. The molecular weight excluding hydrogens is 278 g/mol. The van der Waals surface area contributed by atoms with Crippen LogP contribution in [0.15, 0.2) is 18.5 Å². The van der Waals surface area contributed by atoms with Crippen LogP contribution in [0.3, 0.4) is 0 Å². The molecule has 2 rings (SSSR count). The third-order valence-corrected chi connectivity index (χ3v) is 3.19. The summed E-state index contributed by atoms with van der Waals surface area (Å²) >= 11 is 5.94. The van der Waals surface area contributed by atoms with Crippen LogP contribution in [0.2, 0.25) is 5.02 Å². The smallest absolute Gasteiger partial charge is 0.410 e. The molecule has 0 atom stereocenters. The summed E-state index contributed by atoms with van der Waals surface area (Å²) in [7, 11) is 0. The van der Waals surface area contributed by atoms with Crippen molar-refractivity contribution in [3.63, 3.8) is 0 Å². The number of aromatic nitrogens is 1. The molecule has 0 bridgehead atoms. The summed E-state index contributed by atoms with van der Waals surface area (Å²) < 4.78 is 5.37. The lowest BCUT2D eigenvalue weighted by Gasteiger charge is -2.36. The third kappa shape index (κ3) is 4.00. The quantitative estimate of drug-likeness (QED) is 0.799. The molecule has 6 heteroatoms. The van der Waals surface area contributed by atoms with Crippen molar-refractivity contribution in [3.05, 3.63) is 23.5 Å². The van der Waals surface area contributed by atoms with E-state index in [0.29, 0.717) is 18.1 Å². The molecule has 110 valence electrons. The second-order valence-electron chi connectivity index (χ2n) is 5.82. The minimum Gasteiger partial charge on any atom is -0.444 e. The number of pyridine rings is 1. The molecule has 0 unspecified atom stereocenters. The van der Waals surface area contributed by atoms with E-state index in [9.17, 15) is 4.79 Å². The van der Waals surface area contributed by atoms with Gasteiger partial charge in [-0.3, -0.25) is 4.98 Å². The van der Waals surface area contributed by atoms with Crippen molar-refractivity contribution >= 4 is 23.4 Å². The van der Waals surface area contributed by atoms with E-state index in [2.05, 4.69) is 9.88 Å². The van der Waals surface area contributed by atoms with Crippen molar-refractivity contribution in [3.8, 4) is 0 Å². The molecule has 0 aromatic carbocycles. The van der Waals surface area contributed by atoms with E-state index in [1.54, 1.807) is 17.3 Å². The van der Waals surface area contributed by atoms with Crippen LogP contribution >= 0.6 is 11.6 Å². The Morgan fingerprint density at radius 3 is 2.45 bits per heavy atom. The summed E-state index contributed by atoms with van der Waals surface area (Å²) in [5.41, 5.74) is 0.534. The number of piperazine rings is 1. The summed E-state index contributed by atoms with van der Waals surface area (Å²) in [5.74, 6) is 0. The lowest BCUT2D eigenvalue weighted by atomic mass is 10.2. The molecule has 0 saturated carbocycles. The van der Waals surface area contributed by atoms with E-state index in [0.717, 1.165) is 18.8 Å². The zero-order valence-electron chi connectivity index (χ0n) is 12.1. The molecule has 0 N–H and O–H groups in total. The van der Waals surface area contributed by atoms with Crippen LogP contribution in [0.4, 0.5) is 10.5 Å². The fourth-order valence-electron chi connectivity index (χ4n) is 2.05. The van der Waals surface area contributed by atoms with E-state index < -0.39 is 5.60 Å². The van der Waals surface area contributed by atoms with Gasteiger partial charge in [0.1, 0.15) is 5.60 Å². The summed E-state index contributed by atoms with van der Waals surface area (Å²) in [6, 6.07) is 1.89. The number of carbonyl (C=O) groups excluding carboxylic acids is 1. The Balaban J connectivity index is 1.91. The first-order chi connectivity index (χ1) is 9.35. The van der Waals surface area contributed by atoms with Gasteiger partial charge in [0.15, 0.2) is 0 Å². The Kier molecular flexibility index (Phi) is 4.38. The molecule has 0 aliphatic carbocycles. The molecule has 1 aliphatic rings. The van der Waals surface area contributed by atoms with Gasteiger partial charge >= 0.3 is 6.09 Å². The first-order valence-corrected chi connectivity index (χ1v) is 7.06. The highest BCUT2D eigenvalue weighted by Gasteiger charge is 2.25. The Morgan fingerprint density at radius 2 is 1.90 bits per heavy atom. The molecule has 1 aromatic heterocycles. The molecule has 5 nitrogen and oxygen atoms in total. The number of carbonyl (C=O) groups is 1. The van der Waals surface area contributed by atoms with Gasteiger partial charge in [-0.1, -0.05) is 11.6 Å². The molecule has 20 heavy (non-hydrogen) atoms. The first kappa shape index (κ1) is 14.9. The zero-order chi connectivity index (χ0) is 14.8. The second kappa shape index (κ2) is 5.87. The van der Waals surface area contributed by atoms with E-state index in [-0.39, 0.29) is 6.09 Å². The monoisotopic (exact) mass is 297 g/mol. The minimum absolute atomic E-state index is 0.249. The third-order valence-electron chi connectivity index (χ3n) is 2.99. The normalized spacial score (nSPS) is 16.2. The molecular formula is C14H20ClN3O2. The number of nitrogens with zero attached hydrogens (tertiary/aromatic N) is 3. The fourth-order valence-corrected chi connectivity index (χ4v) is 2.22. The van der Waals surface area contributed by atoms with Crippen molar-refractivity contribution in [1.29, 1.82) is 0 Å². The second-order valence-corrected chi connectivity index (χ2v) is 6.25. The van der Waals surface area contributed by atoms with Crippen LogP contribution in [-0.2, 0) is 4.74 Å². The van der Waals surface area contributed by atoms with Gasteiger partial charge in [-0.15, -0.1) is 0 Å². The van der Waals surface area contributed by atoms with Crippen LogP contribution in [0.1, 0.15) is 20.8 Å². The highest BCUT2D eigenvalue weighted by molar-refractivity contribution is 6.30. The molecule has 1 amide bonds. The van der Waals surface area contributed by atoms with Crippen molar-refractivity contribution in [2.45, 2.75) is 26.4 Å². The number of halogens is 1. The predicted octanol–water partition coefficient (Wildman–Crippen LogP) is 2.79. The lowest BCUT2D eigenvalue weighted by Crippen LogP contribution is -2.50. The average molecular weight is 298 g/mol. The molecule has 0 radical (unpaired) electrons. The van der Waals surface area contributed by atoms with E-state index >= 15 is 0 Å². The lowest BCUT2D eigenvalue weighted by molar-refractivity contribution is 0.0240. The van der Waals surface area contributed by atoms with E-state index in [4.69, 9.17) is 16.3 Å². The van der Waals surface area contributed by atoms with Crippen molar-refractivity contribution in [1.82, 2.24) is 9.88 Å². The maximum Gasteiger partial charge on any atom is 0.410 e. The predicted molar refractivity (Wildman–Crippen MR) is 79.3 cm³/mol. The summed E-state index contributed by atoms with van der Waals surface area (Å²) in [5, 5.41) is 0.622. The van der Waals surface area contributed by atoms with E-state index in [1.807, 2.05) is 26.8 Å². The van der Waals surface area contributed by atoms with Crippen molar-refractivity contribution < 1.29 is 9.53 Å². The van der Waals surface area contributed by atoms with Crippen molar-refractivity contribution in [2.75, 3.05) is 31.1 Å². The van der Waals surface area contributed by atoms with Gasteiger partial charge in [-0.05, 0) is 26.8 Å².